The summed E-state index contributed by atoms with van der Waals surface area (Å²) in [6, 6.07) is 7.30. The monoisotopic (exact) mass is 288 g/mol. The molecular formula is C13H12N4O4. The number of aromatic nitrogens is 1. The Morgan fingerprint density at radius 1 is 1.10 bits per heavy atom. The van der Waals surface area contributed by atoms with Crippen LogP contribution >= 0.6 is 0 Å². The van der Waals surface area contributed by atoms with Crippen molar-refractivity contribution in [1.82, 2.24) is 10.3 Å². The van der Waals surface area contributed by atoms with Crippen LogP contribution in [0, 0.1) is 20.2 Å². The molecule has 21 heavy (non-hydrogen) atoms. The number of rotatable bonds is 6. The molecule has 0 aliphatic rings. The van der Waals surface area contributed by atoms with Gasteiger partial charge in [-0.2, -0.15) is 0 Å². The van der Waals surface area contributed by atoms with E-state index in [4.69, 9.17) is 0 Å². The SMILES string of the molecule is O=[N+]([O-])c1ccc(CNCc2cccnc2)c([N+](=O)[O-])c1. The van der Waals surface area contributed by atoms with Crippen molar-refractivity contribution < 1.29 is 9.85 Å². The Morgan fingerprint density at radius 2 is 1.90 bits per heavy atom. The molecular weight excluding hydrogens is 276 g/mol. The molecule has 8 nitrogen and oxygen atoms in total. The Hall–Kier alpha value is -2.87. The van der Waals surface area contributed by atoms with Crippen molar-refractivity contribution in [3.05, 3.63) is 74.1 Å². The smallest absolute Gasteiger partial charge is 0.280 e. The molecule has 108 valence electrons. The van der Waals surface area contributed by atoms with Crippen LogP contribution in [0.15, 0.2) is 42.7 Å². The molecule has 0 amide bonds. The first-order chi connectivity index (χ1) is 10.1. The second kappa shape index (κ2) is 6.53. The molecule has 1 heterocycles. The van der Waals surface area contributed by atoms with Crippen molar-refractivity contribution in [3.63, 3.8) is 0 Å². The van der Waals surface area contributed by atoms with Gasteiger partial charge in [-0.05, 0) is 17.7 Å². The second-order valence-electron chi connectivity index (χ2n) is 4.29. The van der Waals surface area contributed by atoms with Gasteiger partial charge in [0, 0.05) is 37.1 Å². The van der Waals surface area contributed by atoms with E-state index in [0.717, 1.165) is 11.6 Å². The third-order valence-electron chi connectivity index (χ3n) is 2.84. The lowest BCUT2D eigenvalue weighted by molar-refractivity contribution is -0.394. The Labute approximate surface area is 119 Å². The third kappa shape index (κ3) is 3.80. The minimum atomic E-state index is -0.653. The Bertz CT molecular complexity index is 660. The molecule has 0 saturated heterocycles. The topological polar surface area (TPSA) is 111 Å². The fraction of sp³-hybridized carbons (Fsp3) is 0.154. The van der Waals surface area contributed by atoms with E-state index in [1.54, 1.807) is 18.5 Å². The molecule has 1 N–H and O–H groups in total. The molecule has 0 spiro atoms. The normalized spacial score (nSPS) is 10.3. The highest BCUT2D eigenvalue weighted by Gasteiger charge is 2.18. The van der Waals surface area contributed by atoms with Gasteiger partial charge in [-0.15, -0.1) is 0 Å². The maximum Gasteiger partial charge on any atom is 0.280 e. The number of hydrogen-bond acceptors (Lipinski definition) is 6. The fourth-order valence-electron chi connectivity index (χ4n) is 1.83. The van der Waals surface area contributed by atoms with Gasteiger partial charge in [0.15, 0.2) is 0 Å². The van der Waals surface area contributed by atoms with E-state index >= 15 is 0 Å². The zero-order valence-electron chi connectivity index (χ0n) is 10.9. The van der Waals surface area contributed by atoms with E-state index in [2.05, 4.69) is 10.3 Å². The summed E-state index contributed by atoms with van der Waals surface area (Å²) in [5.41, 5.74) is 0.789. The standard InChI is InChI=1S/C13H12N4O4/c18-16(19)12-4-3-11(13(6-12)17(20)21)9-15-8-10-2-1-5-14-7-10/h1-7,15H,8-9H2. The minimum Gasteiger partial charge on any atom is -0.308 e. The number of benzene rings is 1. The van der Waals surface area contributed by atoms with Crippen LogP contribution in [0.1, 0.15) is 11.1 Å². The lowest BCUT2D eigenvalue weighted by Gasteiger charge is -2.05. The molecule has 0 bridgehead atoms. The van der Waals surface area contributed by atoms with E-state index in [0.29, 0.717) is 12.1 Å². The van der Waals surface area contributed by atoms with Crippen molar-refractivity contribution in [3.8, 4) is 0 Å². The van der Waals surface area contributed by atoms with Gasteiger partial charge in [-0.25, -0.2) is 0 Å². The number of nitro groups is 2. The Morgan fingerprint density at radius 3 is 2.52 bits per heavy atom. The first-order valence-electron chi connectivity index (χ1n) is 6.09. The number of nitro benzene ring substituents is 2. The van der Waals surface area contributed by atoms with Crippen molar-refractivity contribution in [2.75, 3.05) is 0 Å². The average molecular weight is 288 g/mol. The van der Waals surface area contributed by atoms with E-state index in [1.165, 1.54) is 12.1 Å². The van der Waals surface area contributed by atoms with Gasteiger partial charge in [-0.1, -0.05) is 6.07 Å². The summed E-state index contributed by atoms with van der Waals surface area (Å²) >= 11 is 0. The van der Waals surface area contributed by atoms with Crippen LogP contribution in [0.2, 0.25) is 0 Å². The second-order valence-corrected chi connectivity index (χ2v) is 4.29. The fourth-order valence-corrected chi connectivity index (χ4v) is 1.83. The predicted molar refractivity (Wildman–Crippen MR) is 74.5 cm³/mol. The van der Waals surface area contributed by atoms with Gasteiger partial charge in [0.25, 0.3) is 11.4 Å². The third-order valence-corrected chi connectivity index (χ3v) is 2.84. The molecule has 1 aromatic heterocycles. The predicted octanol–water partition coefficient (Wildman–Crippen LogP) is 2.19. The molecule has 0 fully saturated rings. The number of nitrogens with one attached hydrogen (secondary N) is 1. The van der Waals surface area contributed by atoms with Crippen LogP contribution in [0.5, 0.6) is 0 Å². The van der Waals surface area contributed by atoms with Crippen LogP contribution in [0.3, 0.4) is 0 Å². The number of nitrogens with zero attached hydrogens (tertiary/aromatic N) is 3. The van der Waals surface area contributed by atoms with Gasteiger partial charge in [0.05, 0.1) is 15.9 Å². The van der Waals surface area contributed by atoms with Gasteiger partial charge in [0.1, 0.15) is 0 Å². The summed E-state index contributed by atoms with van der Waals surface area (Å²) in [5.74, 6) is 0. The number of hydrogen-bond donors (Lipinski definition) is 1. The quantitative estimate of drug-likeness (QED) is 0.644. The first kappa shape index (κ1) is 14.5. The lowest BCUT2D eigenvalue weighted by atomic mass is 10.1. The molecule has 0 unspecified atom stereocenters. The molecule has 2 rings (SSSR count). The summed E-state index contributed by atoms with van der Waals surface area (Å²) in [6.07, 6.45) is 3.35. The Balaban J connectivity index is 2.09. The zero-order chi connectivity index (χ0) is 15.2. The number of pyridine rings is 1. The summed E-state index contributed by atoms with van der Waals surface area (Å²) in [4.78, 5) is 24.3. The van der Waals surface area contributed by atoms with E-state index in [1.807, 2.05) is 6.07 Å². The molecule has 0 radical (unpaired) electrons. The van der Waals surface area contributed by atoms with Crippen LogP contribution in [-0.4, -0.2) is 14.8 Å². The van der Waals surface area contributed by atoms with Crippen molar-refractivity contribution in [1.29, 1.82) is 0 Å². The van der Waals surface area contributed by atoms with Crippen molar-refractivity contribution >= 4 is 11.4 Å². The maximum atomic E-state index is 11.0. The summed E-state index contributed by atoms with van der Waals surface area (Å²) in [7, 11) is 0. The average Bonchev–Trinajstić information content (AvgIpc) is 2.48. The molecule has 0 atom stereocenters. The maximum absolute atomic E-state index is 11.0. The van der Waals surface area contributed by atoms with Gasteiger partial charge < -0.3 is 5.32 Å². The molecule has 2 aromatic rings. The van der Waals surface area contributed by atoms with Crippen LogP contribution in [0.25, 0.3) is 0 Å². The van der Waals surface area contributed by atoms with Gasteiger partial charge in [0.2, 0.25) is 0 Å². The molecule has 1 aromatic carbocycles. The van der Waals surface area contributed by atoms with Crippen LogP contribution in [-0.2, 0) is 13.1 Å². The van der Waals surface area contributed by atoms with E-state index in [-0.39, 0.29) is 17.9 Å². The minimum absolute atomic E-state index is 0.239. The molecule has 0 saturated carbocycles. The molecule has 0 aliphatic heterocycles. The van der Waals surface area contributed by atoms with Gasteiger partial charge >= 0.3 is 0 Å². The largest absolute Gasteiger partial charge is 0.308 e. The number of non-ortho nitro benzene ring substituents is 1. The molecule has 8 heteroatoms. The van der Waals surface area contributed by atoms with Crippen molar-refractivity contribution in [2.45, 2.75) is 13.1 Å². The van der Waals surface area contributed by atoms with E-state index in [9.17, 15) is 20.2 Å². The summed E-state index contributed by atoms with van der Waals surface area (Å²) in [6.45, 7) is 0.741. The van der Waals surface area contributed by atoms with Crippen LogP contribution in [0.4, 0.5) is 11.4 Å². The van der Waals surface area contributed by atoms with E-state index < -0.39 is 9.85 Å². The summed E-state index contributed by atoms with van der Waals surface area (Å²) < 4.78 is 0. The highest BCUT2D eigenvalue weighted by atomic mass is 16.6. The Kier molecular flexibility index (Phi) is 4.52. The van der Waals surface area contributed by atoms with Crippen LogP contribution < -0.4 is 5.32 Å². The van der Waals surface area contributed by atoms with Gasteiger partial charge in [-0.3, -0.25) is 25.2 Å². The highest BCUT2D eigenvalue weighted by molar-refractivity contribution is 5.49. The van der Waals surface area contributed by atoms with Crippen molar-refractivity contribution in [2.24, 2.45) is 0 Å². The first-order valence-corrected chi connectivity index (χ1v) is 6.09. The summed E-state index contributed by atoms with van der Waals surface area (Å²) in [5, 5.41) is 24.7. The highest BCUT2D eigenvalue weighted by Crippen LogP contribution is 2.24. The molecule has 0 aliphatic carbocycles. The lowest BCUT2D eigenvalue weighted by Crippen LogP contribution is -2.14. The zero-order valence-corrected chi connectivity index (χ0v) is 10.9.